The van der Waals surface area contributed by atoms with Crippen LogP contribution in [-0.4, -0.2) is 27.2 Å². The number of hydrogen-bond acceptors (Lipinski definition) is 6. The van der Waals surface area contributed by atoms with Gasteiger partial charge in [-0.25, -0.2) is 4.98 Å². The molecule has 4 rings (SSSR count). The van der Waals surface area contributed by atoms with E-state index in [1.165, 1.54) is 16.7 Å². The number of benzene rings is 1. The summed E-state index contributed by atoms with van der Waals surface area (Å²) in [6, 6.07) is 13.1. The number of furan rings is 1. The van der Waals surface area contributed by atoms with E-state index in [1.807, 2.05) is 36.4 Å². The molecule has 0 atom stereocenters. The topological polar surface area (TPSA) is 55.6 Å². The minimum atomic E-state index is -0.131. The average molecular weight is 382 g/mol. The Morgan fingerprint density at radius 3 is 2.96 bits per heavy atom. The fraction of sp³-hybridized carbons (Fsp3) is 0.105. The first-order chi connectivity index (χ1) is 12.6. The van der Waals surface area contributed by atoms with Crippen LogP contribution in [0.4, 0.5) is 0 Å². The number of hydrogen-bond donors (Lipinski definition) is 0. The molecule has 26 heavy (non-hydrogen) atoms. The lowest BCUT2D eigenvalue weighted by atomic mass is 10.2. The summed E-state index contributed by atoms with van der Waals surface area (Å²) in [7, 11) is 1.63. The van der Waals surface area contributed by atoms with E-state index >= 15 is 0 Å². The van der Waals surface area contributed by atoms with Crippen LogP contribution < -0.4 is 4.74 Å². The molecule has 2 aromatic heterocycles. The molecule has 1 saturated heterocycles. The van der Waals surface area contributed by atoms with Gasteiger partial charge in [-0.05, 0) is 42.5 Å². The third-order valence-corrected chi connectivity index (χ3v) is 5.34. The van der Waals surface area contributed by atoms with Crippen molar-refractivity contribution in [2.24, 2.45) is 0 Å². The molecule has 0 radical (unpaired) electrons. The van der Waals surface area contributed by atoms with Crippen molar-refractivity contribution in [1.29, 1.82) is 0 Å². The van der Waals surface area contributed by atoms with Gasteiger partial charge in [-0.1, -0.05) is 30.0 Å². The van der Waals surface area contributed by atoms with E-state index < -0.39 is 0 Å². The largest absolute Gasteiger partial charge is 0.497 e. The summed E-state index contributed by atoms with van der Waals surface area (Å²) in [6.45, 7) is 0.333. The first-order valence-corrected chi connectivity index (χ1v) is 9.09. The Morgan fingerprint density at radius 2 is 2.19 bits per heavy atom. The maximum atomic E-state index is 12.7. The molecule has 0 unspecified atom stereocenters. The number of ether oxygens (including phenoxy) is 1. The van der Waals surface area contributed by atoms with Crippen LogP contribution in [0.25, 0.3) is 17.0 Å². The van der Waals surface area contributed by atoms with Gasteiger partial charge in [-0.3, -0.25) is 9.69 Å². The minimum absolute atomic E-state index is 0.131. The number of carbonyl (C=O) groups excluding carboxylic acids is 1. The molecule has 1 fully saturated rings. The van der Waals surface area contributed by atoms with Gasteiger partial charge >= 0.3 is 0 Å². The van der Waals surface area contributed by atoms with Gasteiger partial charge in [0.1, 0.15) is 15.8 Å². The normalized spacial score (nSPS) is 16.0. The molecule has 7 heteroatoms. The van der Waals surface area contributed by atoms with E-state index in [0.29, 0.717) is 27.2 Å². The Labute approximate surface area is 159 Å². The van der Waals surface area contributed by atoms with Gasteiger partial charge in [-0.2, -0.15) is 0 Å². The van der Waals surface area contributed by atoms with E-state index in [-0.39, 0.29) is 5.91 Å². The maximum Gasteiger partial charge on any atom is 0.266 e. The summed E-state index contributed by atoms with van der Waals surface area (Å²) in [5, 5.41) is 0.979. The highest BCUT2D eigenvalue weighted by atomic mass is 32.2. The number of amides is 1. The van der Waals surface area contributed by atoms with Crippen molar-refractivity contribution < 1.29 is 13.9 Å². The Balaban J connectivity index is 1.60. The zero-order chi connectivity index (χ0) is 18.1. The molecule has 130 valence electrons. The van der Waals surface area contributed by atoms with E-state index in [1.54, 1.807) is 25.5 Å². The lowest BCUT2D eigenvalue weighted by Crippen LogP contribution is -2.27. The van der Waals surface area contributed by atoms with E-state index in [9.17, 15) is 4.79 Å². The van der Waals surface area contributed by atoms with Crippen LogP contribution in [0.5, 0.6) is 5.75 Å². The Hall–Kier alpha value is -2.64. The number of fused-ring (bicyclic) bond motifs is 1. The molecule has 0 aliphatic carbocycles. The number of thiocarbonyl (C=S) groups is 1. The van der Waals surface area contributed by atoms with Crippen molar-refractivity contribution in [3.05, 3.63) is 65.1 Å². The number of pyridine rings is 1. The number of nitrogens with zero attached hydrogens (tertiary/aromatic N) is 2. The van der Waals surface area contributed by atoms with Crippen LogP contribution in [0.3, 0.4) is 0 Å². The molecule has 1 aliphatic heterocycles. The Kier molecular flexibility index (Phi) is 4.48. The zero-order valence-corrected chi connectivity index (χ0v) is 15.5. The van der Waals surface area contributed by atoms with Gasteiger partial charge in [0.15, 0.2) is 0 Å². The smallest absolute Gasteiger partial charge is 0.266 e. The SMILES string of the molecule is COc1ccc2nc(/C=C3/SC(=S)N(Cc4ccco4)C3=O)ccc2c1. The molecule has 1 amide bonds. The summed E-state index contributed by atoms with van der Waals surface area (Å²) in [5.41, 5.74) is 1.55. The van der Waals surface area contributed by atoms with Crippen LogP contribution >= 0.6 is 24.0 Å². The molecule has 0 bridgehead atoms. The van der Waals surface area contributed by atoms with Crippen molar-refractivity contribution in [1.82, 2.24) is 9.88 Å². The fourth-order valence-corrected chi connectivity index (χ4v) is 3.90. The Morgan fingerprint density at radius 1 is 1.31 bits per heavy atom. The van der Waals surface area contributed by atoms with Crippen LogP contribution in [0.15, 0.2) is 58.1 Å². The molecule has 0 N–H and O–H groups in total. The van der Waals surface area contributed by atoms with Crippen molar-refractivity contribution in [3.8, 4) is 5.75 Å². The second-order valence-electron chi connectivity index (χ2n) is 5.64. The lowest BCUT2D eigenvalue weighted by Gasteiger charge is -2.11. The maximum absolute atomic E-state index is 12.7. The number of methoxy groups -OCH3 is 1. The molecule has 1 aliphatic rings. The molecular weight excluding hydrogens is 368 g/mol. The summed E-state index contributed by atoms with van der Waals surface area (Å²) < 4.78 is 11.1. The summed E-state index contributed by atoms with van der Waals surface area (Å²) >= 11 is 6.62. The van der Waals surface area contributed by atoms with E-state index in [2.05, 4.69) is 4.98 Å². The molecule has 0 spiro atoms. The van der Waals surface area contributed by atoms with E-state index in [0.717, 1.165) is 16.7 Å². The molecular formula is C19H14N2O3S2. The predicted octanol–water partition coefficient (Wildman–Crippen LogP) is 4.24. The number of thioether (sulfide) groups is 1. The first-order valence-electron chi connectivity index (χ1n) is 7.86. The van der Waals surface area contributed by atoms with Crippen molar-refractivity contribution in [3.63, 3.8) is 0 Å². The quantitative estimate of drug-likeness (QED) is 0.497. The monoisotopic (exact) mass is 382 g/mol. The summed E-state index contributed by atoms with van der Waals surface area (Å²) in [6.07, 6.45) is 3.35. The second-order valence-corrected chi connectivity index (χ2v) is 7.32. The highest BCUT2D eigenvalue weighted by molar-refractivity contribution is 8.26. The predicted molar refractivity (Wildman–Crippen MR) is 106 cm³/mol. The molecule has 0 saturated carbocycles. The minimum Gasteiger partial charge on any atom is -0.497 e. The zero-order valence-electron chi connectivity index (χ0n) is 13.8. The summed E-state index contributed by atoms with van der Waals surface area (Å²) in [5.74, 6) is 1.35. The van der Waals surface area contributed by atoms with E-state index in [4.69, 9.17) is 21.4 Å². The molecule has 5 nitrogen and oxygen atoms in total. The molecule has 1 aromatic carbocycles. The fourth-order valence-electron chi connectivity index (χ4n) is 2.66. The van der Waals surface area contributed by atoms with Gasteiger partial charge in [0.05, 0.1) is 36.0 Å². The van der Waals surface area contributed by atoms with Gasteiger partial charge in [-0.15, -0.1) is 0 Å². The summed E-state index contributed by atoms with van der Waals surface area (Å²) in [4.78, 5) is 19.3. The highest BCUT2D eigenvalue weighted by Gasteiger charge is 2.32. The number of carbonyl (C=O) groups is 1. The molecule has 3 aromatic rings. The first kappa shape index (κ1) is 16.8. The van der Waals surface area contributed by atoms with Crippen LogP contribution in [-0.2, 0) is 11.3 Å². The van der Waals surface area contributed by atoms with Gasteiger partial charge < -0.3 is 9.15 Å². The lowest BCUT2D eigenvalue weighted by molar-refractivity contribution is -0.122. The molecule has 3 heterocycles. The van der Waals surface area contributed by atoms with Crippen molar-refractivity contribution in [2.75, 3.05) is 7.11 Å². The van der Waals surface area contributed by atoms with Crippen LogP contribution in [0, 0.1) is 0 Å². The van der Waals surface area contributed by atoms with Gasteiger partial charge in [0.2, 0.25) is 0 Å². The van der Waals surface area contributed by atoms with Crippen molar-refractivity contribution in [2.45, 2.75) is 6.54 Å². The van der Waals surface area contributed by atoms with Crippen molar-refractivity contribution >= 4 is 51.2 Å². The van der Waals surface area contributed by atoms with Crippen LogP contribution in [0.2, 0.25) is 0 Å². The number of aromatic nitrogens is 1. The number of rotatable bonds is 4. The standard InChI is InChI=1S/C19H14N2O3S2/c1-23-14-6-7-16-12(9-14)4-5-13(20-16)10-17-18(22)21(19(25)26-17)11-15-3-2-8-24-15/h2-10H,11H2,1H3/b17-10+. The van der Waals surface area contributed by atoms with Gasteiger partial charge in [0.25, 0.3) is 5.91 Å². The third kappa shape index (κ3) is 3.23. The Bertz CT molecular complexity index is 1030. The highest BCUT2D eigenvalue weighted by Crippen LogP contribution is 2.33. The van der Waals surface area contributed by atoms with Gasteiger partial charge in [0, 0.05) is 5.39 Å². The average Bonchev–Trinajstić information content (AvgIpc) is 3.25. The second kappa shape index (κ2) is 6.93. The van der Waals surface area contributed by atoms with Crippen LogP contribution in [0.1, 0.15) is 11.5 Å². The third-order valence-electron chi connectivity index (χ3n) is 3.96.